The molecule has 1 aliphatic heterocycles. The first-order valence-electron chi connectivity index (χ1n) is 17.3. The number of carbonyl (C=O) groups excluding carboxylic acids is 2. The summed E-state index contributed by atoms with van der Waals surface area (Å²) >= 11 is 0. The number of ether oxygens (including phenoxy) is 2. The largest absolute Gasteiger partial charge is 0.432 e. The smallest absolute Gasteiger partial charge is 0.318 e. The first-order chi connectivity index (χ1) is 21.8. The number of hydrogen-bond donors (Lipinski definition) is 7. The molecule has 0 radical (unpaired) electrons. The number of hydrogen-bond acceptors (Lipinski definition) is 11. The van der Waals surface area contributed by atoms with Crippen molar-refractivity contribution in [3.63, 3.8) is 0 Å². The van der Waals surface area contributed by atoms with Gasteiger partial charge in [0.25, 0.3) is 0 Å². The molecule has 266 valence electrons. The van der Waals surface area contributed by atoms with E-state index in [2.05, 4.69) is 32.9 Å². The van der Waals surface area contributed by atoms with E-state index in [4.69, 9.17) is 9.47 Å². The molecule has 15 atom stereocenters. The molecule has 1 saturated heterocycles. The molecule has 3 fully saturated rings. The van der Waals surface area contributed by atoms with Gasteiger partial charge < -0.3 is 45.2 Å². The van der Waals surface area contributed by atoms with Crippen LogP contribution in [0, 0.1) is 44.8 Å². The maximum Gasteiger partial charge on any atom is 0.318 e. The number of Topliss-reactive ketones (excluding diaryl/α,β-unsaturated/α-hetero) is 1. The number of allylic oxidation sites excluding steroid dienone is 3. The summed E-state index contributed by atoms with van der Waals surface area (Å²) < 4.78 is 11.3. The topological polar surface area (TPSA) is 194 Å². The molecule has 0 bridgehead atoms. The monoisotopic (exact) mass is 664 g/mol. The van der Waals surface area contributed by atoms with E-state index in [1.807, 2.05) is 19.9 Å². The van der Waals surface area contributed by atoms with Crippen LogP contribution in [0.2, 0.25) is 0 Å². The zero-order chi connectivity index (χ0) is 34.9. The highest BCUT2D eigenvalue weighted by atomic mass is 16.7. The lowest BCUT2D eigenvalue weighted by Crippen LogP contribution is -2.67. The summed E-state index contributed by atoms with van der Waals surface area (Å²) in [5, 5.41) is 73.4. The first kappa shape index (κ1) is 36.6. The number of esters is 1. The molecule has 1 heterocycles. The van der Waals surface area contributed by atoms with Gasteiger partial charge in [0.2, 0.25) is 6.29 Å². The van der Waals surface area contributed by atoms with E-state index in [1.165, 1.54) is 6.92 Å². The molecular weight excluding hydrogens is 608 g/mol. The third-order valence-electron chi connectivity index (χ3n) is 14.0. The van der Waals surface area contributed by atoms with Crippen molar-refractivity contribution < 1.29 is 54.8 Å². The fraction of sp³-hybridized carbons (Fsp3) is 0.833. The molecular formula is C36H56O11. The molecule has 0 aromatic rings. The normalized spacial score (nSPS) is 50.0. The predicted octanol–water partition coefficient (Wildman–Crippen LogP) is 1.78. The molecule has 47 heavy (non-hydrogen) atoms. The van der Waals surface area contributed by atoms with Gasteiger partial charge in [-0.2, -0.15) is 0 Å². The highest BCUT2D eigenvalue weighted by molar-refractivity contribution is 5.81. The van der Waals surface area contributed by atoms with Gasteiger partial charge in [0.15, 0.2) is 0 Å². The summed E-state index contributed by atoms with van der Waals surface area (Å²) in [6, 6.07) is 0. The van der Waals surface area contributed by atoms with Crippen LogP contribution in [0.1, 0.15) is 86.5 Å². The number of carbonyl (C=O) groups is 2. The Bertz CT molecular complexity index is 1280. The Hall–Kier alpha value is -1.70. The third kappa shape index (κ3) is 5.48. The second-order valence-electron chi connectivity index (χ2n) is 16.5. The highest BCUT2D eigenvalue weighted by Gasteiger charge is 2.68. The summed E-state index contributed by atoms with van der Waals surface area (Å²) in [6.07, 6.45) is 0.0829. The maximum absolute atomic E-state index is 14.2. The van der Waals surface area contributed by atoms with E-state index in [-0.39, 0.29) is 41.0 Å². The van der Waals surface area contributed by atoms with Crippen molar-refractivity contribution in [2.24, 2.45) is 44.8 Å². The number of fused-ring (bicyclic) bond motifs is 5. The average molecular weight is 665 g/mol. The standard InChI is InChI=1S/C36H56O11/c1-19(20(2)39)9-12-36(31(45)47-30-28(43)27(42)26(41)23(17-37)46-30)14-13-34(5)21(15-36)7-8-25-32(3)16-22(40)29(44)33(4,18-38)24(32)10-11-35(25,34)6/h7-8,15,19,22-30,37-38,40-44H,9-14,16-18H2,1-6H3. The van der Waals surface area contributed by atoms with E-state index in [0.29, 0.717) is 32.1 Å². The molecule has 5 rings (SSSR count). The van der Waals surface area contributed by atoms with E-state index in [0.717, 1.165) is 18.4 Å². The van der Waals surface area contributed by atoms with E-state index >= 15 is 0 Å². The quantitative estimate of drug-likeness (QED) is 0.187. The van der Waals surface area contributed by atoms with E-state index < -0.39 is 71.7 Å². The second-order valence-corrected chi connectivity index (χ2v) is 16.5. The molecule has 5 aliphatic rings. The summed E-state index contributed by atoms with van der Waals surface area (Å²) in [5.74, 6) is -0.962. The van der Waals surface area contributed by atoms with Crippen molar-refractivity contribution in [2.45, 2.75) is 129 Å². The van der Waals surface area contributed by atoms with Crippen LogP contribution in [0.5, 0.6) is 0 Å². The lowest BCUT2D eigenvalue weighted by molar-refractivity contribution is -0.295. The second kappa shape index (κ2) is 12.6. The van der Waals surface area contributed by atoms with Crippen molar-refractivity contribution in [3.05, 3.63) is 23.8 Å². The van der Waals surface area contributed by atoms with Gasteiger partial charge in [-0.1, -0.05) is 52.8 Å². The average Bonchev–Trinajstić information content (AvgIpc) is 3.02. The molecule has 0 amide bonds. The summed E-state index contributed by atoms with van der Waals surface area (Å²) in [4.78, 5) is 26.4. The summed E-state index contributed by atoms with van der Waals surface area (Å²) in [7, 11) is 0. The van der Waals surface area contributed by atoms with Gasteiger partial charge in [-0.3, -0.25) is 9.59 Å². The van der Waals surface area contributed by atoms with Crippen molar-refractivity contribution in [2.75, 3.05) is 13.2 Å². The lowest BCUT2D eigenvalue weighted by Gasteiger charge is -2.69. The van der Waals surface area contributed by atoms with Gasteiger partial charge in [0.1, 0.15) is 30.2 Å². The zero-order valence-corrected chi connectivity index (χ0v) is 28.6. The minimum absolute atomic E-state index is 0.00309. The van der Waals surface area contributed by atoms with Crippen LogP contribution in [-0.4, -0.2) is 104 Å². The molecule has 7 N–H and O–H groups in total. The van der Waals surface area contributed by atoms with Crippen LogP contribution in [-0.2, 0) is 19.1 Å². The van der Waals surface area contributed by atoms with Gasteiger partial charge in [-0.25, -0.2) is 0 Å². The number of ketones is 1. The predicted molar refractivity (Wildman–Crippen MR) is 170 cm³/mol. The van der Waals surface area contributed by atoms with Crippen molar-refractivity contribution in [3.8, 4) is 0 Å². The molecule has 15 unspecified atom stereocenters. The third-order valence-corrected chi connectivity index (χ3v) is 14.0. The summed E-state index contributed by atoms with van der Waals surface area (Å²) in [6.45, 7) is 11.0. The van der Waals surface area contributed by atoms with Gasteiger partial charge in [-0.05, 0) is 85.5 Å². The Morgan fingerprint density at radius 1 is 1.00 bits per heavy atom. The fourth-order valence-corrected chi connectivity index (χ4v) is 10.4. The van der Waals surface area contributed by atoms with Crippen molar-refractivity contribution in [1.29, 1.82) is 0 Å². The van der Waals surface area contributed by atoms with Crippen LogP contribution in [0.25, 0.3) is 0 Å². The fourth-order valence-electron chi connectivity index (χ4n) is 10.4. The highest BCUT2D eigenvalue weighted by Crippen LogP contribution is 2.72. The Morgan fingerprint density at radius 2 is 1.68 bits per heavy atom. The van der Waals surface area contributed by atoms with E-state index in [9.17, 15) is 45.3 Å². The molecule has 0 aromatic carbocycles. The van der Waals surface area contributed by atoms with Crippen molar-refractivity contribution >= 4 is 11.8 Å². The molecule has 11 heteroatoms. The van der Waals surface area contributed by atoms with Crippen LogP contribution in [0.3, 0.4) is 0 Å². The van der Waals surface area contributed by atoms with Gasteiger partial charge >= 0.3 is 5.97 Å². The molecule has 4 aliphatic carbocycles. The minimum Gasteiger partial charge on any atom is -0.432 e. The lowest BCUT2D eigenvalue weighted by atomic mass is 9.36. The molecule has 0 spiro atoms. The first-order valence-corrected chi connectivity index (χ1v) is 17.3. The van der Waals surface area contributed by atoms with E-state index in [1.54, 1.807) is 0 Å². The molecule has 0 aromatic heterocycles. The Kier molecular flexibility index (Phi) is 9.78. The Morgan fingerprint density at radius 3 is 2.30 bits per heavy atom. The van der Waals surface area contributed by atoms with Crippen LogP contribution >= 0.6 is 0 Å². The number of aliphatic hydroxyl groups excluding tert-OH is 7. The SMILES string of the molecule is CC(=O)C(C)CCC1(C(=O)OC2OC(CO)C(O)C(O)C2O)C=C2C=CC3C4(C)CC(O)C(O)C(C)(CO)C4CCC3(C)C2(C)CC1. The van der Waals surface area contributed by atoms with Crippen LogP contribution < -0.4 is 0 Å². The van der Waals surface area contributed by atoms with Crippen LogP contribution in [0.15, 0.2) is 23.8 Å². The zero-order valence-electron chi connectivity index (χ0n) is 28.6. The molecule has 11 nitrogen and oxygen atoms in total. The molecule has 2 saturated carbocycles. The van der Waals surface area contributed by atoms with Crippen LogP contribution in [0.4, 0.5) is 0 Å². The number of aliphatic hydroxyl groups is 7. The van der Waals surface area contributed by atoms with Crippen molar-refractivity contribution in [1.82, 2.24) is 0 Å². The maximum atomic E-state index is 14.2. The van der Waals surface area contributed by atoms with Gasteiger partial charge in [0.05, 0.1) is 30.8 Å². The summed E-state index contributed by atoms with van der Waals surface area (Å²) in [5.41, 5.74) is -2.11. The van der Waals surface area contributed by atoms with Gasteiger partial charge in [-0.15, -0.1) is 0 Å². The Balaban J connectivity index is 1.53. The minimum atomic E-state index is -1.73. The van der Waals surface area contributed by atoms with Gasteiger partial charge in [0, 0.05) is 11.3 Å². The number of rotatable bonds is 8. The Labute approximate surface area is 277 Å².